The van der Waals surface area contributed by atoms with Crippen LogP contribution in [0.4, 0.5) is 5.69 Å². The maximum absolute atomic E-state index is 12.5. The van der Waals surface area contributed by atoms with Crippen LogP contribution in [0.25, 0.3) is 0 Å². The Morgan fingerprint density at radius 3 is 2.23 bits per heavy atom. The molecule has 2 aromatic rings. The Bertz CT molecular complexity index is 756. The molecule has 1 heterocycles. The van der Waals surface area contributed by atoms with Crippen LogP contribution >= 0.6 is 0 Å². The van der Waals surface area contributed by atoms with Gasteiger partial charge in [0.25, 0.3) is 0 Å². The van der Waals surface area contributed by atoms with E-state index in [4.69, 9.17) is 4.74 Å². The molecule has 0 saturated heterocycles. The summed E-state index contributed by atoms with van der Waals surface area (Å²) in [6, 6.07) is 10.0. The number of rotatable bonds is 1. The van der Waals surface area contributed by atoms with Gasteiger partial charge >= 0.3 is 5.97 Å². The van der Waals surface area contributed by atoms with E-state index in [9.17, 15) is 4.79 Å². The van der Waals surface area contributed by atoms with E-state index in [-0.39, 0.29) is 5.97 Å². The molecule has 1 unspecified atom stereocenters. The van der Waals surface area contributed by atoms with E-state index in [1.165, 1.54) is 5.56 Å². The molecule has 0 amide bonds. The van der Waals surface area contributed by atoms with E-state index in [2.05, 4.69) is 38.2 Å². The number of carbonyl (C=O) groups excluding carboxylic acids is 1. The Hall–Kier alpha value is -2.29. The molecule has 1 atom stereocenters. The summed E-state index contributed by atoms with van der Waals surface area (Å²) in [4.78, 5) is 12.5. The van der Waals surface area contributed by atoms with Gasteiger partial charge in [-0.15, -0.1) is 0 Å². The van der Waals surface area contributed by atoms with E-state index in [1.807, 2.05) is 32.0 Å². The van der Waals surface area contributed by atoms with Gasteiger partial charge in [0.15, 0.2) is 0 Å². The van der Waals surface area contributed by atoms with Crippen molar-refractivity contribution in [1.82, 2.24) is 0 Å². The predicted octanol–water partition coefficient (Wildman–Crippen LogP) is 4.38. The number of hydrogen-bond donors (Lipinski definition) is 1. The van der Waals surface area contributed by atoms with Crippen LogP contribution in [-0.4, -0.2) is 5.97 Å². The summed E-state index contributed by atoms with van der Waals surface area (Å²) in [5, 5.41) is 3.41. The van der Waals surface area contributed by atoms with Gasteiger partial charge in [-0.1, -0.05) is 29.3 Å². The monoisotopic (exact) mass is 295 g/mol. The second-order valence-electron chi connectivity index (χ2n) is 6.37. The molecule has 0 aromatic heterocycles. The van der Waals surface area contributed by atoms with Gasteiger partial charge in [-0.3, -0.25) is 0 Å². The topological polar surface area (TPSA) is 38.3 Å². The van der Waals surface area contributed by atoms with Crippen molar-refractivity contribution in [3.8, 4) is 0 Å². The van der Waals surface area contributed by atoms with E-state index < -0.39 is 5.72 Å². The molecule has 0 spiro atoms. The third-order valence-electron chi connectivity index (χ3n) is 4.22. The minimum atomic E-state index is -0.846. The lowest BCUT2D eigenvalue weighted by Crippen LogP contribution is -2.42. The number of cyclic esters (lactones) is 1. The number of ether oxygens (including phenoxy) is 1. The Morgan fingerprint density at radius 1 is 0.955 bits per heavy atom. The molecule has 1 N–H and O–H groups in total. The molecule has 22 heavy (non-hydrogen) atoms. The zero-order chi connectivity index (χ0) is 16.1. The van der Waals surface area contributed by atoms with Crippen molar-refractivity contribution in [2.75, 3.05) is 5.32 Å². The van der Waals surface area contributed by atoms with Gasteiger partial charge in [0.1, 0.15) is 0 Å². The van der Waals surface area contributed by atoms with Crippen molar-refractivity contribution in [2.45, 2.75) is 40.3 Å². The molecular weight excluding hydrogens is 274 g/mol. The first-order chi connectivity index (χ1) is 10.3. The molecule has 3 nitrogen and oxygen atoms in total. The molecule has 0 aliphatic carbocycles. The minimum absolute atomic E-state index is 0.278. The molecule has 3 rings (SSSR count). The highest BCUT2D eigenvalue weighted by atomic mass is 16.6. The van der Waals surface area contributed by atoms with Crippen molar-refractivity contribution < 1.29 is 9.53 Å². The summed E-state index contributed by atoms with van der Waals surface area (Å²) in [6.07, 6.45) is 0. The van der Waals surface area contributed by atoms with Crippen LogP contribution in [0.3, 0.4) is 0 Å². The van der Waals surface area contributed by atoms with Crippen molar-refractivity contribution in [3.05, 3.63) is 63.7 Å². The number of hydrogen-bond acceptors (Lipinski definition) is 3. The van der Waals surface area contributed by atoms with E-state index >= 15 is 0 Å². The quantitative estimate of drug-likeness (QED) is 0.794. The number of nitrogens with one attached hydrogen (secondary N) is 1. The lowest BCUT2D eigenvalue weighted by Gasteiger charge is -2.38. The normalized spacial score (nSPS) is 20.1. The Kier molecular flexibility index (Phi) is 3.24. The Labute approximate surface area is 131 Å². The van der Waals surface area contributed by atoms with Gasteiger partial charge in [0, 0.05) is 5.56 Å². The van der Waals surface area contributed by atoms with Gasteiger partial charge in [-0.05, 0) is 57.9 Å². The van der Waals surface area contributed by atoms with Gasteiger partial charge in [0.2, 0.25) is 5.72 Å². The van der Waals surface area contributed by atoms with Crippen LogP contribution in [0.15, 0.2) is 30.3 Å². The van der Waals surface area contributed by atoms with Gasteiger partial charge in [-0.25, -0.2) is 4.79 Å². The minimum Gasteiger partial charge on any atom is -0.431 e. The molecule has 2 aromatic carbocycles. The molecule has 3 heteroatoms. The highest BCUT2D eigenvalue weighted by Gasteiger charge is 2.39. The number of anilines is 1. The number of benzene rings is 2. The van der Waals surface area contributed by atoms with E-state index in [1.54, 1.807) is 0 Å². The third kappa shape index (κ3) is 2.27. The van der Waals surface area contributed by atoms with Crippen LogP contribution in [0.2, 0.25) is 0 Å². The maximum Gasteiger partial charge on any atom is 0.342 e. The number of carbonyl (C=O) groups is 1. The van der Waals surface area contributed by atoms with Crippen molar-refractivity contribution in [3.63, 3.8) is 0 Å². The molecule has 0 bridgehead atoms. The number of aryl methyl sites for hydroxylation is 4. The zero-order valence-electron chi connectivity index (χ0n) is 13.7. The second-order valence-corrected chi connectivity index (χ2v) is 6.37. The maximum atomic E-state index is 12.5. The molecular formula is C19H21NO2. The van der Waals surface area contributed by atoms with Crippen molar-refractivity contribution in [1.29, 1.82) is 0 Å². The largest absolute Gasteiger partial charge is 0.431 e. The van der Waals surface area contributed by atoms with Gasteiger partial charge in [0.05, 0.1) is 11.3 Å². The summed E-state index contributed by atoms with van der Waals surface area (Å²) in [6.45, 7) is 10.1. The van der Waals surface area contributed by atoms with Crippen molar-refractivity contribution in [2.24, 2.45) is 0 Å². The average molecular weight is 295 g/mol. The third-order valence-corrected chi connectivity index (χ3v) is 4.22. The molecule has 0 radical (unpaired) electrons. The fraction of sp³-hybridized carbons (Fsp3) is 0.316. The van der Waals surface area contributed by atoms with E-state index in [0.717, 1.165) is 27.9 Å². The zero-order valence-corrected chi connectivity index (χ0v) is 13.7. The Morgan fingerprint density at radius 2 is 1.59 bits per heavy atom. The van der Waals surface area contributed by atoms with Crippen LogP contribution in [-0.2, 0) is 10.5 Å². The summed E-state index contributed by atoms with van der Waals surface area (Å²) in [5.41, 5.74) is 6.10. The molecule has 114 valence electrons. The molecule has 0 saturated carbocycles. The second kappa shape index (κ2) is 4.87. The number of esters is 1. The lowest BCUT2D eigenvalue weighted by atomic mass is 9.90. The number of fused-ring (bicyclic) bond motifs is 1. The fourth-order valence-corrected chi connectivity index (χ4v) is 3.50. The first kappa shape index (κ1) is 14.6. The van der Waals surface area contributed by atoms with Gasteiger partial charge in [-0.2, -0.15) is 0 Å². The standard InChI is InChI=1S/C19H21NO2/c1-11-6-7-16-15(10-11)18(21)22-19(5,20-16)17-13(3)8-12(2)9-14(17)4/h6-10,20H,1-5H3. The van der Waals surface area contributed by atoms with Crippen LogP contribution in [0, 0.1) is 27.7 Å². The van der Waals surface area contributed by atoms with Crippen molar-refractivity contribution >= 4 is 11.7 Å². The Balaban J connectivity index is 2.13. The van der Waals surface area contributed by atoms with Crippen LogP contribution < -0.4 is 5.32 Å². The van der Waals surface area contributed by atoms with E-state index in [0.29, 0.717) is 5.56 Å². The summed E-state index contributed by atoms with van der Waals surface area (Å²) in [7, 11) is 0. The molecule has 0 fully saturated rings. The first-order valence-electron chi connectivity index (χ1n) is 7.51. The average Bonchev–Trinajstić information content (AvgIpc) is 2.38. The highest BCUT2D eigenvalue weighted by Crippen LogP contribution is 2.38. The summed E-state index contributed by atoms with van der Waals surface area (Å²) in [5.74, 6) is -0.278. The molecule has 1 aliphatic heterocycles. The lowest BCUT2D eigenvalue weighted by molar-refractivity contribution is -0.00314. The van der Waals surface area contributed by atoms with Crippen LogP contribution in [0.5, 0.6) is 0 Å². The van der Waals surface area contributed by atoms with Crippen LogP contribution in [0.1, 0.15) is 45.1 Å². The smallest absolute Gasteiger partial charge is 0.342 e. The SMILES string of the molecule is Cc1cc(C)c(C2(C)Nc3ccc(C)cc3C(=O)O2)c(C)c1. The fourth-order valence-electron chi connectivity index (χ4n) is 3.50. The van der Waals surface area contributed by atoms with Gasteiger partial charge < -0.3 is 10.1 Å². The first-order valence-corrected chi connectivity index (χ1v) is 7.51. The summed E-state index contributed by atoms with van der Waals surface area (Å²) >= 11 is 0. The summed E-state index contributed by atoms with van der Waals surface area (Å²) < 4.78 is 5.79. The highest BCUT2D eigenvalue weighted by molar-refractivity contribution is 5.98. The molecule has 1 aliphatic rings. The predicted molar refractivity (Wildman–Crippen MR) is 88.2 cm³/mol.